The van der Waals surface area contributed by atoms with Crippen LogP contribution in [-0.2, 0) is 27.2 Å². The van der Waals surface area contributed by atoms with Gasteiger partial charge in [0.05, 0.1) is 25.6 Å². The highest BCUT2D eigenvalue weighted by atomic mass is 32.2. The highest BCUT2D eigenvalue weighted by Crippen LogP contribution is 2.17. The van der Waals surface area contributed by atoms with Gasteiger partial charge in [0, 0.05) is 20.1 Å². The van der Waals surface area contributed by atoms with E-state index in [0.717, 1.165) is 12.2 Å². The van der Waals surface area contributed by atoms with Gasteiger partial charge >= 0.3 is 5.97 Å². The van der Waals surface area contributed by atoms with Crippen LogP contribution < -0.4 is 0 Å². The van der Waals surface area contributed by atoms with E-state index in [9.17, 15) is 4.79 Å². The molecule has 0 atom stereocenters. The van der Waals surface area contributed by atoms with E-state index in [1.165, 1.54) is 11.8 Å². The van der Waals surface area contributed by atoms with Crippen LogP contribution in [0.1, 0.15) is 12.7 Å². The van der Waals surface area contributed by atoms with Gasteiger partial charge < -0.3 is 19.1 Å². The van der Waals surface area contributed by atoms with E-state index >= 15 is 0 Å². The molecule has 0 saturated carbocycles. The normalized spacial score (nSPS) is 10.8. The van der Waals surface area contributed by atoms with Crippen molar-refractivity contribution in [3.8, 4) is 0 Å². The fourth-order valence-corrected chi connectivity index (χ4v) is 2.14. The predicted octanol–water partition coefficient (Wildman–Crippen LogP) is 0.680. The molecular formula is C11H19N3O4S. The lowest BCUT2D eigenvalue weighted by molar-refractivity contribution is -0.133. The monoisotopic (exact) mass is 289 g/mol. The summed E-state index contributed by atoms with van der Waals surface area (Å²) in [7, 11) is 1.62. The summed E-state index contributed by atoms with van der Waals surface area (Å²) in [5, 5.41) is 17.4. The van der Waals surface area contributed by atoms with Crippen LogP contribution in [0.15, 0.2) is 5.16 Å². The molecule has 1 aromatic rings. The van der Waals surface area contributed by atoms with Gasteiger partial charge in [-0.05, 0) is 0 Å². The quantitative estimate of drug-likeness (QED) is 0.500. The first-order chi connectivity index (χ1) is 9.19. The van der Waals surface area contributed by atoms with Crippen molar-refractivity contribution in [3.05, 3.63) is 5.82 Å². The zero-order chi connectivity index (χ0) is 14.1. The molecule has 0 saturated heterocycles. The largest absolute Gasteiger partial charge is 0.481 e. The average molecular weight is 289 g/mol. The van der Waals surface area contributed by atoms with Crippen molar-refractivity contribution in [1.29, 1.82) is 0 Å². The third kappa shape index (κ3) is 5.58. The van der Waals surface area contributed by atoms with Crippen LogP contribution in [0.5, 0.6) is 0 Å². The highest BCUT2D eigenvalue weighted by molar-refractivity contribution is 7.99. The molecule has 0 spiro atoms. The Morgan fingerprint density at radius 1 is 1.37 bits per heavy atom. The van der Waals surface area contributed by atoms with Gasteiger partial charge in [-0.3, -0.25) is 4.79 Å². The smallest absolute Gasteiger partial charge is 0.313 e. The van der Waals surface area contributed by atoms with Gasteiger partial charge in [0.2, 0.25) is 0 Å². The molecule has 1 heterocycles. The maximum atomic E-state index is 10.6. The molecule has 0 fully saturated rings. The second-order valence-electron chi connectivity index (χ2n) is 3.69. The van der Waals surface area contributed by atoms with E-state index < -0.39 is 5.97 Å². The van der Waals surface area contributed by atoms with Crippen molar-refractivity contribution in [2.24, 2.45) is 0 Å². The number of carbonyl (C=O) groups is 1. The molecule has 19 heavy (non-hydrogen) atoms. The minimum absolute atomic E-state index is 0.0214. The summed E-state index contributed by atoms with van der Waals surface area (Å²) in [5.74, 6) is -0.0518. The third-order valence-corrected chi connectivity index (χ3v) is 3.28. The second kappa shape index (κ2) is 8.89. The average Bonchev–Trinajstić information content (AvgIpc) is 2.78. The zero-order valence-corrected chi connectivity index (χ0v) is 12.0. The minimum Gasteiger partial charge on any atom is -0.481 e. The minimum atomic E-state index is -0.867. The summed E-state index contributed by atoms with van der Waals surface area (Å²) in [4.78, 5) is 10.6. The number of aromatic nitrogens is 3. The number of carboxylic acids is 1. The number of nitrogens with zero attached hydrogens (tertiary/aromatic N) is 3. The Balaban J connectivity index is 2.52. The molecule has 0 radical (unpaired) electrons. The maximum Gasteiger partial charge on any atom is 0.313 e. The molecule has 7 nitrogen and oxygen atoms in total. The molecule has 0 unspecified atom stereocenters. The Labute approximate surface area is 116 Å². The van der Waals surface area contributed by atoms with E-state index in [1.807, 2.05) is 11.5 Å². The molecule has 0 bridgehead atoms. The van der Waals surface area contributed by atoms with Crippen molar-refractivity contribution in [3.63, 3.8) is 0 Å². The summed E-state index contributed by atoms with van der Waals surface area (Å²) in [6, 6.07) is 0. The Bertz CT molecular complexity index is 397. The number of rotatable bonds is 10. The summed E-state index contributed by atoms with van der Waals surface area (Å²) in [6.45, 7) is 4.22. The van der Waals surface area contributed by atoms with E-state index in [0.29, 0.717) is 31.5 Å². The van der Waals surface area contributed by atoms with Crippen LogP contribution in [0.2, 0.25) is 0 Å². The molecule has 8 heteroatoms. The maximum absolute atomic E-state index is 10.6. The van der Waals surface area contributed by atoms with Gasteiger partial charge in [-0.25, -0.2) is 0 Å². The van der Waals surface area contributed by atoms with Gasteiger partial charge in [-0.2, -0.15) is 0 Å². The molecule has 0 aromatic carbocycles. The third-order valence-electron chi connectivity index (χ3n) is 2.33. The zero-order valence-electron chi connectivity index (χ0n) is 11.2. The van der Waals surface area contributed by atoms with Crippen molar-refractivity contribution >= 4 is 17.7 Å². The van der Waals surface area contributed by atoms with Gasteiger partial charge in [0.1, 0.15) is 5.82 Å². The predicted molar refractivity (Wildman–Crippen MR) is 70.5 cm³/mol. The molecule has 1 rings (SSSR count). The van der Waals surface area contributed by atoms with Crippen LogP contribution in [0.25, 0.3) is 0 Å². The summed E-state index contributed by atoms with van der Waals surface area (Å²) in [5.41, 5.74) is 0. The number of ether oxygens (including phenoxy) is 2. The summed E-state index contributed by atoms with van der Waals surface area (Å²) < 4.78 is 12.2. The molecule has 0 aliphatic carbocycles. The molecule has 108 valence electrons. The van der Waals surface area contributed by atoms with E-state index in [2.05, 4.69) is 10.2 Å². The second-order valence-corrected chi connectivity index (χ2v) is 4.63. The molecule has 0 amide bonds. The number of hydrogen-bond acceptors (Lipinski definition) is 6. The van der Waals surface area contributed by atoms with Gasteiger partial charge in [-0.15, -0.1) is 10.2 Å². The van der Waals surface area contributed by atoms with E-state index in [-0.39, 0.29) is 5.75 Å². The SMILES string of the molecule is CCc1nnc(SCC(=O)O)n1CCOCCOC. The van der Waals surface area contributed by atoms with Crippen LogP contribution >= 0.6 is 11.8 Å². The van der Waals surface area contributed by atoms with Crippen LogP contribution in [0, 0.1) is 0 Å². The standard InChI is InChI=1S/C11H19N3O4S/c1-3-9-12-13-11(19-8-10(15)16)14(9)4-5-18-7-6-17-2/h3-8H2,1-2H3,(H,15,16). The van der Waals surface area contributed by atoms with Crippen molar-refractivity contribution in [2.45, 2.75) is 25.0 Å². The van der Waals surface area contributed by atoms with E-state index in [4.69, 9.17) is 14.6 Å². The Kier molecular flexibility index (Phi) is 7.46. The number of aryl methyl sites for hydroxylation is 1. The number of carboxylic acid groups (broad SMARTS) is 1. The number of methoxy groups -OCH3 is 1. The van der Waals surface area contributed by atoms with Gasteiger partial charge in [0.25, 0.3) is 0 Å². The topological polar surface area (TPSA) is 86.5 Å². The lowest BCUT2D eigenvalue weighted by Crippen LogP contribution is -2.12. The Morgan fingerprint density at radius 2 is 2.16 bits per heavy atom. The Hall–Kier alpha value is -1.12. The molecule has 1 N–H and O–H groups in total. The molecule has 0 aliphatic rings. The Morgan fingerprint density at radius 3 is 2.79 bits per heavy atom. The van der Waals surface area contributed by atoms with Gasteiger partial charge in [-0.1, -0.05) is 18.7 Å². The van der Waals surface area contributed by atoms with Crippen LogP contribution in [-0.4, -0.2) is 58.5 Å². The fourth-order valence-electron chi connectivity index (χ4n) is 1.44. The number of hydrogen-bond donors (Lipinski definition) is 1. The van der Waals surface area contributed by atoms with Crippen molar-refractivity contribution < 1.29 is 19.4 Å². The molecular weight excluding hydrogens is 270 g/mol. The highest BCUT2D eigenvalue weighted by Gasteiger charge is 2.12. The number of thioether (sulfide) groups is 1. The van der Waals surface area contributed by atoms with Crippen molar-refractivity contribution in [1.82, 2.24) is 14.8 Å². The lowest BCUT2D eigenvalue weighted by atomic mass is 10.4. The summed E-state index contributed by atoms with van der Waals surface area (Å²) in [6.07, 6.45) is 0.749. The van der Waals surface area contributed by atoms with Crippen LogP contribution in [0.4, 0.5) is 0 Å². The van der Waals surface area contributed by atoms with Crippen molar-refractivity contribution in [2.75, 3.05) is 32.7 Å². The lowest BCUT2D eigenvalue weighted by Gasteiger charge is -2.09. The van der Waals surface area contributed by atoms with Gasteiger partial charge in [0.15, 0.2) is 5.16 Å². The first kappa shape index (κ1) is 15.9. The molecule has 1 aromatic heterocycles. The van der Waals surface area contributed by atoms with E-state index in [1.54, 1.807) is 7.11 Å². The number of aliphatic carboxylic acids is 1. The first-order valence-electron chi connectivity index (χ1n) is 6.02. The van der Waals surface area contributed by atoms with Crippen LogP contribution in [0.3, 0.4) is 0 Å². The summed E-state index contributed by atoms with van der Waals surface area (Å²) >= 11 is 1.17. The molecule has 0 aliphatic heterocycles. The first-order valence-corrected chi connectivity index (χ1v) is 7.01. The fraction of sp³-hybridized carbons (Fsp3) is 0.727.